The molecule has 124 valence electrons. The second-order valence-corrected chi connectivity index (χ2v) is 5.40. The molecule has 1 unspecified atom stereocenters. The molecule has 0 amide bonds. The minimum atomic E-state index is -0.620. The number of hydrogen-bond acceptors (Lipinski definition) is 3. The van der Waals surface area contributed by atoms with E-state index >= 15 is 0 Å². The highest BCUT2D eigenvalue weighted by atomic mass is 16.5. The lowest BCUT2D eigenvalue weighted by Crippen LogP contribution is -2.37. The van der Waals surface area contributed by atoms with Crippen molar-refractivity contribution in [2.45, 2.75) is 46.3 Å². The fraction of sp³-hybridized carbons (Fsp3) is 0.588. The zero-order chi connectivity index (χ0) is 16.4. The molecule has 0 saturated carbocycles. The van der Waals surface area contributed by atoms with Crippen LogP contribution in [0.5, 0.6) is 5.75 Å². The topological polar surface area (TPSA) is 65.9 Å². The first kappa shape index (κ1) is 18.3. The van der Waals surface area contributed by atoms with Gasteiger partial charge in [-0.25, -0.2) is 0 Å². The minimum Gasteiger partial charge on any atom is -0.491 e. The van der Waals surface area contributed by atoms with Gasteiger partial charge in [-0.05, 0) is 44.9 Å². The van der Waals surface area contributed by atoms with Crippen LogP contribution in [0.15, 0.2) is 29.3 Å². The van der Waals surface area contributed by atoms with Gasteiger partial charge in [0.15, 0.2) is 5.96 Å². The zero-order valence-electron chi connectivity index (χ0n) is 14.1. The van der Waals surface area contributed by atoms with Crippen molar-refractivity contribution in [2.24, 2.45) is 4.99 Å². The minimum absolute atomic E-state index is 0.146. The van der Waals surface area contributed by atoms with E-state index < -0.39 is 6.10 Å². The van der Waals surface area contributed by atoms with Crippen LogP contribution in [0.4, 0.5) is 0 Å². The summed E-state index contributed by atoms with van der Waals surface area (Å²) in [5.74, 6) is 1.55. The van der Waals surface area contributed by atoms with E-state index in [1.165, 1.54) is 0 Å². The maximum absolute atomic E-state index is 10.2. The Kier molecular flexibility index (Phi) is 8.36. The van der Waals surface area contributed by atoms with Gasteiger partial charge in [-0.15, -0.1) is 0 Å². The molecular formula is C17H29N3O2. The zero-order valence-corrected chi connectivity index (χ0v) is 14.1. The smallest absolute Gasteiger partial charge is 0.191 e. The first-order valence-corrected chi connectivity index (χ1v) is 8.03. The molecule has 1 aromatic rings. The number of aliphatic hydroxyl groups is 1. The molecule has 0 saturated heterocycles. The summed E-state index contributed by atoms with van der Waals surface area (Å²) in [6.45, 7) is 10.1. The number of hydrogen-bond donors (Lipinski definition) is 3. The molecule has 1 aromatic carbocycles. The quantitative estimate of drug-likeness (QED) is 0.510. The summed E-state index contributed by atoms with van der Waals surface area (Å²) in [7, 11) is 0. The number of nitrogens with zero attached hydrogens (tertiary/aromatic N) is 1. The number of rotatable bonds is 8. The van der Waals surface area contributed by atoms with Crippen molar-refractivity contribution < 1.29 is 9.84 Å². The van der Waals surface area contributed by atoms with Crippen LogP contribution in [0.1, 0.15) is 45.8 Å². The van der Waals surface area contributed by atoms with Gasteiger partial charge in [0, 0.05) is 13.1 Å². The summed E-state index contributed by atoms with van der Waals surface area (Å²) in [5, 5.41) is 16.6. The molecular weight excluding hydrogens is 278 g/mol. The molecule has 0 radical (unpaired) electrons. The highest BCUT2D eigenvalue weighted by Gasteiger charge is 2.08. The molecule has 0 spiro atoms. The van der Waals surface area contributed by atoms with E-state index in [2.05, 4.69) is 22.5 Å². The summed E-state index contributed by atoms with van der Waals surface area (Å²) in [4.78, 5) is 4.41. The summed E-state index contributed by atoms with van der Waals surface area (Å²) in [5.41, 5.74) is 0.839. The Bertz CT molecular complexity index is 444. The molecule has 3 N–H and O–H groups in total. The maximum Gasteiger partial charge on any atom is 0.191 e. The predicted molar refractivity (Wildman–Crippen MR) is 91.4 cm³/mol. The van der Waals surface area contributed by atoms with Crippen LogP contribution >= 0.6 is 0 Å². The van der Waals surface area contributed by atoms with Crippen molar-refractivity contribution in [3.8, 4) is 5.75 Å². The van der Waals surface area contributed by atoms with Crippen molar-refractivity contribution in [3.63, 3.8) is 0 Å². The number of benzene rings is 1. The van der Waals surface area contributed by atoms with Crippen molar-refractivity contribution in [2.75, 3.05) is 19.6 Å². The lowest BCUT2D eigenvalue weighted by molar-refractivity contribution is 0.186. The lowest BCUT2D eigenvalue weighted by Gasteiger charge is -2.14. The second-order valence-electron chi connectivity index (χ2n) is 5.40. The van der Waals surface area contributed by atoms with Gasteiger partial charge >= 0.3 is 0 Å². The van der Waals surface area contributed by atoms with Crippen LogP contribution in [-0.4, -0.2) is 36.8 Å². The number of aliphatic hydroxyl groups excluding tert-OH is 1. The van der Waals surface area contributed by atoms with Gasteiger partial charge in [-0.2, -0.15) is 0 Å². The van der Waals surface area contributed by atoms with Crippen molar-refractivity contribution >= 4 is 5.96 Å². The van der Waals surface area contributed by atoms with E-state index in [1.54, 1.807) is 0 Å². The molecule has 0 fully saturated rings. The van der Waals surface area contributed by atoms with E-state index in [4.69, 9.17) is 4.74 Å². The molecule has 0 aromatic heterocycles. The predicted octanol–water partition coefficient (Wildman–Crippen LogP) is 2.47. The Morgan fingerprint density at radius 3 is 2.41 bits per heavy atom. The summed E-state index contributed by atoms with van der Waals surface area (Å²) >= 11 is 0. The van der Waals surface area contributed by atoms with E-state index in [0.29, 0.717) is 6.54 Å². The standard InChI is InChI=1S/C17H29N3O2/c1-5-11-19-17(18-6-2)20-12-16(21)14-7-9-15(10-8-14)22-13(3)4/h7-10,13,16,21H,5-6,11-12H2,1-4H3,(H2,18,19,20). The van der Waals surface area contributed by atoms with E-state index in [9.17, 15) is 5.11 Å². The number of ether oxygens (including phenoxy) is 1. The number of aliphatic imine (C=N–C) groups is 1. The van der Waals surface area contributed by atoms with Gasteiger partial charge < -0.3 is 20.5 Å². The van der Waals surface area contributed by atoms with Crippen LogP contribution in [0.25, 0.3) is 0 Å². The first-order chi connectivity index (χ1) is 10.6. The van der Waals surface area contributed by atoms with Gasteiger partial charge in [-0.1, -0.05) is 19.1 Å². The van der Waals surface area contributed by atoms with Crippen LogP contribution < -0.4 is 15.4 Å². The van der Waals surface area contributed by atoms with Gasteiger partial charge in [0.1, 0.15) is 5.75 Å². The van der Waals surface area contributed by atoms with Gasteiger partial charge in [-0.3, -0.25) is 4.99 Å². The normalized spacial score (nSPS) is 13.1. The fourth-order valence-corrected chi connectivity index (χ4v) is 1.91. The Morgan fingerprint density at radius 2 is 1.86 bits per heavy atom. The summed E-state index contributed by atoms with van der Waals surface area (Å²) in [6, 6.07) is 7.51. The van der Waals surface area contributed by atoms with Crippen LogP contribution in [0, 0.1) is 0 Å². The monoisotopic (exact) mass is 307 g/mol. The first-order valence-electron chi connectivity index (χ1n) is 8.03. The van der Waals surface area contributed by atoms with Gasteiger partial charge in [0.05, 0.1) is 18.8 Å². The third-order valence-corrected chi connectivity index (χ3v) is 2.95. The van der Waals surface area contributed by atoms with Crippen LogP contribution in [0.3, 0.4) is 0 Å². The third kappa shape index (κ3) is 6.80. The molecule has 5 nitrogen and oxygen atoms in total. The molecule has 0 heterocycles. The Labute approximate surface area is 133 Å². The largest absolute Gasteiger partial charge is 0.491 e. The molecule has 22 heavy (non-hydrogen) atoms. The SMILES string of the molecule is CCCNC(=NCC(O)c1ccc(OC(C)C)cc1)NCC. The molecule has 0 aliphatic rings. The number of guanidine groups is 1. The lowest BCUT2D eigenvalue weighted by atomic mass is 10.1. The number of nitrogens with one attached hydrogen (secondary N) is 2. The average Bonchev–Trinajstić information content (AvgIpc) is 2.50. The third-order valence-electron chi connectivity index (χ3n) is 2.95. The van der Waals surface area contributed by atoms with Crippen molar-refractivity contribution in [3.05, 3.63) is 29.8 Å². The van der Waals surface area contributed by atoms with Crippen molar-refractivity contribution in [1.82, 2.24) is 10.6 Å². The molecule has 5 heteroatoms. The van der Waals surface area contributed by atoms with E-state index in [1.807, 2.05) is 45.0 Å². The summed E-state index contributed by atoms with van der Waals surface area (Å²) < 4.78 is 5.59. The Balaban J connectivity index is 2.60. The molecule has 1 atom stereocenters. The van der Waals surface area contributed by atoms with Gasteiger partial charge in [0.2, 0.25) is 0 Å². The average molecular weight is 307 g/mol. The highest BCUT2D eigenvalue weighted by Crippen LogP contribution is 2.18. The molecule has 1 rings (SSSR count). The maximum atomic E-state index is 10.2. The van der Waals surface area contributed by atoms with E-state index in [0.717, 1.165) is 36.8 Å². The van der Waals surface area contributed by atoms with E-state index in [-0.39, 0.29) is 6.10 Å². The second kappa shape index (κ2) is 10.1. The Morgan fingerprint density at radius 1 is 1.18 bits per heavy atom. The van der Waals surface area contributed by atoms with Crippen molar-refractivity contribution in [1.29, 1.82) is 0 Å². The molecule has 0 aliphatic carbocycles. The summed E-state index contributed by atoms with van der Waals surface area (Å²) in [6.07, 6.45) is 0.558. The van der Waals surface area contributed by atoms with Gasteiger partial charge in [0.25, 0.3) is 0 Å². The van der Waals surface area contributed by atoms with Crippen LogP contribution in [0.2, 0.25) is 0 Å². The Hall–Kier alpha value is -1.75. The fourth-order valence-electron chi connectivity index (χ4n) is 1.91. The molecule has 0 aliphatic heterocycles. The highest BCUT2D eigenvalue weighted by molar-refractivity contribution is 5.79. The molecule has 0 bridgehead atoms. The van der Waals surface area contributed by atoms with Crippen LogP contribution in [-0.2, 0) is 0 Å².